The summed E-state index contributed by atoms with van der Waals surface area (Å²) in [4.78, 5) is 20.3. The molecule has 1 aromatic carbocycles. The van der Waals surface area contributed by atoms with Gasteiger partial charge in [-0.15, -0.1) is 0 Å². The molecule has 3 aromatic rings. The average molecular weight is 329 g/mol. The summed E-state index contributed by atoms with van der Waals surface area (Å²) < 4.78 is 0. The summed E-state index contributed by atoms with van der Waals surface area (Å²) >= 11 is 0. The zero-order valence-corrected chi connectivity index (χ0v) is 13.3. The van der Waals surface area contributed by atoms with Gasteiger partial charge in [0.15, 0.2) is 0 Å². The van der Waals surface area contributed by atoms with Crippen LogP contribution in [0.25, 0.3) is 0 Å². The van der Waals surface area contributed by atoms with Gasteiger partial charge in [-0.1, -0.05) is 12.1 Å². The number of aromatic nitrogens is 2. The molecule has 0 spiro atoms. The Morgan fingerprint density at radius 2 is 1.88 bits per heavy atom. The van der Waals surface area contributed by atoms with Crippen LogP contribution >= 0.6 is 0 Å². The van der Waals surface area contributed by atoms with Gasteiger partial charge < -0.3 is 10.6 Å². The summed E-state index contributed by atoms with van der Waals surface area (Å²) in [6.07, 6.45) is 4.91. The van der Waals surface area contributed by atoms with E-state index in [0.29, 0.717) is 29.2 Å². The maximum Gasteiger partial charge on any atom is 0.270 e. The summed E-state index contributed by atoms with van der Waals surface area (Å²) in [6, 6.07) is 16.4. The molecule has 3 rings (SSSR count). The number of carbonyl (C=O) groups excluding carboxylic acids is 1. The average Bonchev–Trinajstić information content (AvgIpc) is 2.67. The van der Waals surface area contributed by atoms with Crippen molar-refractivity contribution in [2.45, 2.75) is 6.54 Å². The Hall–Kier alpha value is -3.72. The number of anilines is 2. The Kier molecular flexibility index (Phi) is 4.98. The quantitative estimate of drug-likeness (QED) is 0.751. The van der Waals surface area contributed by atoms with Gasteiger partial charge in [-0.3, -0.25) is 14.8 Å². The molecule has 25 heavy (non-hydrogen) atoms. The molecule has 0 aliphatic rings. The lowest BCUT2D eigenvalue weighted by Gasteiger charge is -2.09. The molecule has 0 saturated heterocycles. The summed E-state index contributed by atoms with van der Waals surface area (Å²) in [5, 5.41) is 15.1. The van der Waals surface area contributed by atoms with Gasteiger partial charge >= 0.3 is 0 Å². The topological polar surface area (TPSA) is 90.7 Å². The predicted molar refractivity (Wildman–Crippen MR) is 94.1 cm³/mol. The van der Waals surface area contributed by atoms with Crippen LogP contribution in [0.3, 0.4) is 0 Å². The van der Waals surface area contributed by atoms with E-state index in [1.54, 1.807) is 42.9 Å². The van der Waals surface area contributed by atoms with Crippen molar-refractivity contribution in [2.75, 3.05) is 5.32 Å². The number of amides is 1. The normalized spacial score (nSPS) is 9.88. The smallest absolute Gasteiger partial charge is 0.270 e. The summed E-state index contributed by atoms with van der Waals surface area (Å²) in [7, 11) is 0. The van der Waals surface area contributed by atoms with Crippen LogP contribution in [0.15, 0.2) is 67.1 Å². The number of nitrogens with zero attached hydrogens (tertiary/aromatic N) is 3. The van der Waals surface area contributed by atoms with Crippen LogP contribution in [0.5, 0.6) is 0 Å². The lowest BCUT2D eigenvalue weighted by Crippen LogP contribution is -2.23. The van der Waals surface area contributed by atoms with Gasteiger partial charge in [-0.25, -0.2) is 0 Å². The van der Waals surface area contributed by atoms with Crippen LogP contribution in [0, 0.1) is 11.3 Å². The van der Waals surface area contributed by atoms with Crippen LogP contribution in [0.4, 0.5) is 11.4 Å². The molecule has 2 heterocycles. The standard InChI is InChI=1S/C19H15N5O/c20-12-15-3-1-2-4-17(15)24-16-7-10-22-18(11-16)19(25)23-13-14-5-8-21-9-6-14/h1-11H,13H2,(H,22,24)(H,23,25). The number of hydrogen-bond donors (Lipinski definition) is 2. The van der Waals surface area contributed by atoms with Crippen LogP contribution in [0.2, 0.25) is 0 Å². The van der Waals surface area contributed by atoms with Gasteiger partial charge in [-0.2, -0.15) is 5.26 Å². The molecule has 0 unspecified atom stereocenters. The minimum Gasteiger partial charge on any atom is -0.354 e. The van der Waals surface area contributed by atoms with Crippen molar-refractivity contribution in [3.05, 3.63) is 83.9 Å². The van der Waals surface area contributed by atoms with Gasteiger partial charge in [0.2, 0.25) is 0 Å². The van der Waals surface area contributed by atoms with Crippen molar-refractivity contribution >= 4 is 17.3 Å². The van der Waals surface area contributed by atoms with E-state index in [0.717, 1.165) is 5.56 Å². The fraction of sp³-hybridized carbons (Fsp3) is 0.0526. The molecular weight excluding hydrogens is 314 g/mol. The van der Waals surface area contributed by atoms with Crippen molar-refractivity contribution in [1.82, 2.24) is 15.3 Å². The van der Waals surface area contributed by atoms with E-state index < -0.39 is 0 Å². The lowest BCUT2D eigenvalue weighted by atomic mass is 10.2. The number of rotatable bonds is 5. The van der Waals surface area contributed by atoms with Crippen LogP contribution in [0.1, 0.15) is 21.6 Å². The van der Waals surface area contributed by atoms with Crippen molar-refractivity contribution in [1.29, 1.82) is 5.26 Å². The van der Waals surface area contributed by atoms with Crippen molar-refractivity contribution < 1.29 is 4.79 Å². The molecule has 2 N–H and O–H groups in total. The first-order chi connectivity index (χ1) is 12.3. The van der Waals surface area contributed by atoms with E-state index in [2.05, 4.69) is 26.7 Å². The highest BCUT2D eigenvalue weighted by Crippen LogP contribution is 2.20. The molecule has 2 aromatic heterocycles. The predicted octanol–water partition coefficient (Wildman–Crippen LogP) is 3.02. The first-order valence-corrected chi connectivity index (χ1v) is 7.65. The third-order valence-corrected chi connectivity index (χ3v) is 3.52. The molecule has 122 valence electrons. The monoisotopic (exact) mass is 329 g/mol. The molecule has 6 heteroatoms. The molecule has 0 bridgehead atoms. The van der Waals surface area contributed by atoms with Crippen LogP contribution in [-0.4, -0.2) is 15.9 Å². The number of benzene rings is 1. The zero-order chi connectivity index (χ0) is 17.5. The second kappa shape index (κ2) is 7.70. The number of carbonyl (C=O) groups is 1. The van der Waals surface area contributed by atoms with E-state index in [-0.39, 0.29) is 5.91 Å². The molecule has 0 atom stereocenters. The number of pyridine rings is 2. The van der Waals surface area contributed by atoms with E-state index in [1.807, 2.05) is 24.3 Å². The molecule has 0 fully saturated rings. The minimum atomic E-state index is -0.269. The van der Waals surface area contributed by atoms with Crippen molar-refractivity contribution in [2.24, 2.45) is 0 Å². The third kappa shape index (κ3) is 4.18. The van der Waals surface area contributed by atoms with Crippen LogP contribution in [-0.2, 0) is 6.54 Å². The Balaban J connectivity index is 1.71. The Bertz CT molecular complexity index is 918. The zero-order valence-electron chi connectivity index (χ0n) is 13.3. The largest absolute Gasteiger partial charge is 0.354 e. The molecule has 1 amide bonds. The van der Waals surface area contributed by atoms with Crippen LogP contribution < -0.4 is 10.6 Å². The SMILES string of the molecule is N#Cc1ccccc1Nc1ccnc(C(=O)NCc2ccncc2)c1. The first-order valence-electron chi connectivity index (χ1n) is 7.65. The number of nitrogens with one attached hydrogen (secondary N) is 2. The Morgan fingerprint density at radius 1 is 1.08 bits per heavy atom. The van der Waals surface area contributed by atoms with Gasteiger partial charge in [0.05, 0.1) is 11.3 Å². The highest BCUT2D eigenvalue weighted by Gasteiger charge is 2.09. The summed E-state index contributed by atoms with van der Waals surface area (Å²) in [5.41, 5.74) is 3.16. The molecule has 0 aliphatic heterocycles. The molecular formula is C19H15N5O. The van der Waals surface area contributed by atoms with E-state index in [1.165, 1.54) is 0 Å². The van der Waals surface area contributed by atoms with E-state index in [9.17, 15) is 4.79 Å². The summed E-state index contributed by atoms with van der Waals surface area (Å²) in [5.74, 6) is -0.269. The molecule has 6 nitrogen and oxygen atoms in total. The molecule has 0 radical (unpaired) electrons. The fourth-order valence-electron chi connectivity index (χ4n) is 2.25. The molecule has 0 aliphatic carbocycles. The maximum atomic E-state index is 12.3. The molecule has 0 saturated carbocycles. The lowest BCUT2D eigenvalue weighted by molar-refractivity contribution is 0.0946. The van der Waals surface area contributed by atoms with Crippen molar-refractivity contribution in [3.8, 4) is 6.07 Å². The second-order valence-corrected chi connectivity index (χ2v) is 5.25. The van der Waals surface area contributed by atoms with Gasteiger partial charge in [0.1, 0.15) is 11.8 Å². The number of nitriles is 1. The Morgan fingerprint density at radius 3 is 2.68 bits per heavy atom. The third-order valence-electron chi connectivity index (χ3n) is 3.52. The first kappa shape index (κ1) is 16.1. The van der Waals surface area contributed by atoms with E-state index >= 15 is 0 Å². The Labute approximate surface area is 145 Å². The van der Waals surface area contributed by atoms with Gasteiger partial charge in [-0.05, 0) is 42.0 Å². The number of para-hydroxylation sites is 1. The fourth-order valence-corrected chi connectivity index (χ4v) is 2.25. The highest BCUT2D eigenvalue weighted by atomic mass is 16.1. The summed E-state index contributed by atoms with van der Waals surface area (Å²) in [6.45, 7) is 0.401. The van der Waals surface area contributed by atoms with Gasteiger partial charge in [0, 0.05) is 30.8 Å². The van der Waals surface area contributed by atoms with E-state index in [4.69, 9.17) is 5.26 Å². The van der Waals surface area contributed by atoms with Gasteiger partial charge in [0.25, 0.3) is 5.91 Å². The van der Waals surface area contributed by atoms with Crippen molar-refractivity contribution in [3.63, 3.8) is 0 Å². The highest BCUT2D eigenvalue weighted by molar-refractivity contribution is 5.93. The maximum absolute atomic E-state index is 12.3. The minimum absolute atomic E-state index is 0.269. The number of hydrogen-bond acceptors (Lipinski definition) is 5. The second-order valence-electron chi connectivity index (χ2n) is 5.25.